The van der Waals surface area contributed by atoms with Crippen LogP contribution in [-0.2, 0) is 9.47 Å². The van der Waals surface area contributed by atoms with Crippen LogP contribution in [0.25, 0.3) is 0 Å². The molecule has 1 N–H and O–H groups in total. The van der Waals surface area contributed by atoms with Crippen molar-refractivity contribution in [3.63, 3.8) is 0 Å². The number of ether oxygens (including phenoxy) is 4. The largest absolute Gasteiger partial charge is 0.486 e. The van der Waals surface area contributed by atoms with Crippen LogP contribution in [0.1, 0.15) is 24.5 Å². The van der Waals surface area contributed by atoms with E-state index in [9.17, 15) is 5.11 Å². The van der Waals surface area contributed by atoms with Crippen molar-refractivity contribution in [1.29, 1.82) is 0 Å². The fourth-order valence-electron chi connectivity index (χ4n) is 2.30. The average Bonchev–Trinajstić information content (AvgIpc) is 2.97. The van der Waals surface area contributed by atoms with Gasteiger partial charge in [0.05, 0.1) is 19.3 Å². The predicted molar refractivity (Wildman–Crippen MR) is 67.3 cm³/mol. The van der Waals surface area contributed by atoms with E-state index in [4.69, 9.17) is 18.9 Å². The van der Waals surface area contributed by atoms with Crippen LogP contribution >= 0.6 is 0 Å². The Morgan fingerprint density at radius 3 is 2.58 bits per heavy atom. The van der Waals surface area contributed by atoms with Gasteiger partial charge >= 0.3 is 0 Å². The Balaban J connectivity index is 1.60. The van der Waals surface area contributed by atoms with Crippen molar-refractivity contribution in [1.82, 2.24) is 0 Å². The standard InChI is InChI=1S/C14H18O5/c15-11(2-4-14-18-7-8-19-14)10-1-3-12-13(9-10)17-6-5-16-12/h1,3,9,11,14-15H,2,4-8H2. The SMILES string of the molecule is OC(CCC1OCCO1)c1ccc2c(c1)OCCO2. The molecule has 1 saturated heterocycles. The van der Waals surface area contributed by atoms with E-state index in [1.807, 2.05) is 18.2 Å². The fourth-order valence-corrected chi connectivity index (χ4v) is 2.30. The minimum Gasteiger partial charge on any atom is -0.486 e. The molecule has 5 heteroatoms. The smallest absolute Gasteiger partial charge is 0.161 e. The molecule has 0 aromatic heterocycles. The summed E-state index contributed by atoms with van der Waals surface area (Å²) in [5.41, 5.74) is 0.835. The molecule has 104 valence electrons. The van der Waals surface area contributed by atoms with Gasteiger partial charge in [-0.25, -0.2) is 0 Å². The normalized spacial score (nSPS) is 20.5. The van der Waals surface area contributed by atoms with Gasteiger partial charge in [0, 0.05) is 6.42 Å². The summed E-state index contributed by atoms with van der Waals surface area (Å²) in [6.07, 6.45) is 0.579. The highest BCUT2D eigenvalue weighted by molar-refractivity contribution is 5.44. The summed E-state index contributed by atoms with van der Waals surface area (Å²) < 4.78 is 21.7. The van der Waals surface area contributed by atoms with E-state index >= 15 is 0 Å². The van der Waals surface area contributed by atoms with Gasteiger partial charge in [-0.05, 0) is 24.1 Å². The molecule has 0 amide bonds. The first-order valence-corrected chi connectivity index (χ1v) is 6.64. The van der Waals surface area contributed by atoms with Crippen LogP contribution in [0.15, 0.2) is 18.2 Å². The van der Waals surface area contributed by atoms with Gasteiger partial charge in [0.2, 0.25) is 0 Å². The average molecular weight is 266 g/mol. The van der Waals surface area contributed by atoms with Crippen molar-refractivity contribution in [3.05, 3.63) is 23.8 Å². The highest BCUT2D eigenvalue weighted by Crippen LogP contribution is 2.33. The van der Waals surface area contributed by atoms with Gasteiger partial charge < -0.3 is 24.1 Å². The van der Waals surface area contributed by atoms with Gasteiger partial charge in [0.1, 0.15) is 13.2 Å². The molecule has 1 aromatic rings. The quantitative estimate of drug-likeness (QED) is 0.898. The third-order valence-electron chi connectivity index (χ3n) is 3.32. The zero-order valence-corrected chi connectivity index (χ0v) is 10.7. The number of rotatable bonds is 4. The number of aliphatic hydroxyl groups is 1. The number of fused-ring (bicyclic) bond motifs is 1. The maximum atomic E-state index is 10.2. The number of aliphatic hydroxyl groups excluding tert-OH is 1. The van der Waals surface area contributed by atoms with E-state index in [1.54, 1.807) is 0 Å². The van der Waals surface area contributed by atoms with Crippen molar-refractivity contribution in [2.24, 2.45) is 0 Å². The molecule has 0 radical (unpaired) electrons. The highest BCUT2D eigenvalue weighted by atomic mass is 16.7. The Hall–Kier alpha value is -1.30. The Morgan fingerprint density at radius 1 is 1.05 bits per heavy atom. The fraction of sp³-hybridized carbons (Fsp3) is 0.571. The first kappa shape index (κ1) is 12.7. The number of hydrogen-bond acceptors (Lipinski definition) is 5. The van der Waals surface area contributed by atoms with Crippen LogP contribution in [0, 0.1) is 0 Å². The van der Waals surface area contributed by atoms with Crippen molar-refractivity contribution in [2.75, 3.05) is 26.4 Å². The second-order valence-electron chi connectivity index (χ2n) is 4.67. The zero-order valence-electron chi connectivity index (χ0n) is 10.7. The van der Waals surface area contributed by atoms with Gasteiger partial charge in [-0.3, -0.25) is 0 Å². The summed E-state index contributed by atoms with van der Waals surface area (Å²) in [4.78, 5) is 0. The lowest BCUT2D eigenvalue weighted by Crippen LogP contribution is -2.16. The van der Waals surface area contributed by atoms with Gasteiger partial charge in [0.15, 0.2) is 17.8 Å². The Bertz CT molecular complexity index is 428. The van der Waals surface area contributed by atoms with Crippen molar-refractivity contribution in [2.45, 2.75) is 25.2 Å². The molecule has 1 fully saturated rings. The zero-order chi connectivity index (χ0) is 13.1. The maximum Gasteiger partial charge on any atom is 0.161 e. The lowest BCUT2D eigenvalue weighted by molar-refractivity contribution is -0.0542. The first-order valence-electron chi connectivity index (χ1n) is 6.64. The van der Waals surface area contributed by atoms with E-state index in [1.165, 1.54) is 0 Å². The Labute approximate surface area is 112 Å². The summed E-state index contributed by atoms with van der Waals surface area (Å²) in [6.45, 7) is 2.41. The molecular weight excluding hydrogens is 248 g/mol. The molecule has 1 aromatic carbocycles. The summed E-state index contributed by atoms with van der Waals surface area (Å²) in [5.74, 6) is 1.45. The molecule has 2 aliphatic heterocycles. The van der Waals surface area contributed by atoms with Crippen molar-refractivity contribution in [3.8, 4) is 11.5 Å². The second-order valence-corrected chi connectivity index (χ2v) is 4.67. The van der Waals surface area contributed by atoms with Gasteiger partial charge in [0.25, 0.3) is 0 Å². The molecule has 0 spiro atoms. The van der Waals surface area contributed by atoms with Crippen molar-refractivity contribution < 1.29 is 24.1 Å². The topological polar surface area (TPSA) is 57.2 Å². The summed E-state index contributed by atoms with van der Waals surface area (Å²) >= 11 is 0. The van der Waals surface area contributed by atoms with Crippen LogP contribution in [-0.4, -0.2) is 37.8 Å². The third-order valence-corrected chi connectivity index (χ3v) is 3.32. The van der Waals surface area contributed by atoms with Crippen molar-refractivity contribution >= 4 is 0 Å². The van der Waals surface area contributed by atoms with Gasteiger partial charge in [-0.15, -0.1) is 0 Å². The molecule has 19 heavy (non-hydrogen) atoms. The van der Waals surface area contributed by atoms with E-state index in [2.05, 4.69) is 0 Å². The van der Waals surface area contributed by atoms with Crippen LogP contribution in [0.2, 0.25) is 0 Å². The minimum absolute atomic E-state index is 0.174. The molecule has 0 bridgehead atoms. The lowest BCUT2D eigenvalue weighted by Gasteiger charge is -2.20. The van der Waals surface area contributed by atoms with Crippen LogP contribution in [0.4, 0.5) is 0 Å². The maximum absolute atomic E-state index is 10.2. The summed E-state index contributed by atoms with van der Waals surface area (Å²) in [6, 6.07) is 5.56. The molecule has 3 rings (SSSR count). The Kier molecular flexibility index (Phi) is 3.87. The second kappa shape index (κ2) is 5.77. The van der Waals surface area contributed by atoms with E-state index in [0.717, 1.165) is 11.3 Å². The third kappa shape index (κ3) is 3.00. The molecule has 1 atom stereocenters. The molecule has 1 unspecified atom stereocenters. The summed E-state index contributed by atoms with van der Waals surface area (Å²) in [5, 5.41) is 10.2. The molecule has 2 heterocycles. The first-order chi connectivity index (χ1) is 9.33. The van der Waals surface area contributed by atoms with Crippen LogP contribution < -0.4 is 9.47 Å². The molecule has 0 saturated carbocycles. The molecule has 2 aliphatic rings. The molecule has 0 aliphatic carbocycles. The lowest BCUT2D eigenvalue weighted by atomic mass is 10.0. The van der Waals surface area contributed by atoms with E-state index in [0.29, 0.717) is 45.0 Å². The summed E-state index contributed by atoms with van der Waals surface area (Å²) in [7, 11) is 0. The minimum atomic E-state index is -0.538. The number of benzene rings is 1. The predicted octanol–water partition coefficient (Wildman–Crippen LogP) is 1.64. The van der Waals surface area contributed by atoms with Gasteiger partial charge in [-0.1, -0.05) is 6.07 Å². The van der Waals surface area contributed by atoms with Gasteiger partial charge in [-0.2, -0.15) is 0 Å². The monoisotopic (exact) mass is 266 g/mol. The van der Waals surface area contributed by atoms with Crippen LogP contribution in [0.3, 0.4) is 0 Å². The number of hydrogen-bond donors (Lipinski definition) is 1. The van der Waals surface area contributed by atoms with Crippen LogP contribution in [0.5, 0.6) is 11.5 Å². The highest BCUT2D eigenvalue weighted by Gasteiger charge is 2.19. The molecule has 5 nitrogen and oxygen atoms in total. The van der Waals surface area contributed by atoms with E-state index < -0.39 is 6.10 Å². The Morgan fingerprint density at radius 2 is 1.79 bits per heavy atom. The van der Waals surface area contributed by atoms with E-state index in [-0.39, 0.29) is 6.29 Å². The molecular formula is C14H18O5.